The number of thiol groups is 1. The molecule has 0 spiro atoms. The molecule has 0 heterocycles. The lowest BCUT2D eigenvalue weighted by molar-refractivity contribution is 0.275. The van der Waals surface area contributed by atoms with Gasteiger partial charge in [-0.25, -0.2) is 0 Å². The van der Waals surface area contributed by atoms with Crippen LogP contribution in [0.2, 0.25) is 0 Å². The molecule has 0 unspecified atom stereocenters. The molecule has 2 heteroatoms. The molecule has 0 aromatic rings. The van der Waals surface area contributed by atoms with Crippen LogP contribution in [0, 0.1) is 5.92 Å². The maximum Gasteiger partial charge on any atom is 0.0197 e. The van der Waals surface area contributed by atoms with Gasteiger partial charge < -0.3 is 5.73 Å². The van der Waals surface area contributed by atoms with Crippen molar-refractivity contribution in [3.05, 3.63) is 0 Å². The Bertz CT molecular complexity index is 84.6. The normalized spacial score (nSPS) is 46.1. The van der Waals surface area contributed by atoms with E-state index in [4.69, 9.17) is 5.73 Å². The smallest absolute Gasteiger partial charge is 0.0197 e. The van der Waals surface area contributed by atoms with Crippen molar-refractivity contribution >= 4 is 12.6 Å². The Balaban J connectivity index is 2.25. The van der Waals surface area contributed by atoms with Crippen LogP contribution in [-0.4, -0.2) is 11.3 Å². The fourth-order valence-electron chi connectivity index (χ4n) is 1.19. The van der Waals surface area contributed by atoms with Crippen molar-refractivity contribution in [3.8, 4) is 0 Å². The molecule has 3 atom stereocenters. The van der Waals surface area contributed by atoms with Gasteiger partial charge in [0.05, 0.1) is 0 Å². The molecular formula is C6H13NS. The van der Waals surface area contributed by atoms with E-state index in [1.165, 1.54) is 12.8 Å². The summed E-state index contributed by atoms with van der Waals surface area (Å²) >= 11 is 4.33. The minimum absolute atomic E-state index is 0.378. The van der Waals surface area contributed by atoms with Crippen molar-refractivity contribution in [2.45, 2.75) is 31.1 Å². The second kappa shape index (κ2) is 2.28. The molecule has 0 aromatic heterocycles. The average molecular weight is 131 g/mol. The van der Waals surface area contributed by atoms with E-state index >= 15 is 0 Å². The Morgan fingerprint density at radius 1 is 1.75 bits per heavy atom. The van der Waals surface area contributed by atoms with E-state index < -0.39 is 0 Å². The van der Waals surface area contributed by atoms with E-state index in [1.807, 2.05) is 0 Å². The van der Waals surface area contributed by atoms with Gasteiger partial charge in [0.15, 0.2) is 0 Å². The molecule has 0 radical (unpaired) electrons. The van der Waals surface area contributed by atoms with Gasteiger partial charge in [0.2, 0.25) is 0 Å². The van der Waals surface area contributed by atoms with Crippen LogP contribution >= 0.6 is 12.6 Å². The summed E-state index contributed by atoms with van der Waals surface area (Å²) in [5.74, 6) is 0.799. The van der Waals surface area contributed by atoms with E-state index in [-0.39, 0.29) is 0 Å². The van der Waals surface area contributed by atoms with E-state index in [0.29, 0.717) is 11.3 Å². The lowest BCUT2D eigenvalue weighted by Crippen LogP contribution is -2.48. The second-order valence-electron chi connectivity index (χ2n) is 2.56. The first-order chi connectivity index (χ1) is 3.75. The summed E-state index contributed by atoms with van der Waals surface area (Å²) in [5, 5.41) is 0.486. The van der Waals surface area contributed by atoms with Gasteiger partial charge in [-0.15, -0.1) is 0 Å². The molecule has 2 N–H and O–H groups in total. The molecule has 0 aliphatic heterocycles. The summed E-state index contributed by atoms with van der Waals surface area (Å²) in [6.07, 6.45) is 2.42. The Kier molecular flexibility index (Phi) is 1.83. The summed E-state index contributed by atoms with van der Waals surface area (Å²) in [5.41, 5.74) is 5.61. The molecule has 8 heavy (non-hydrogen) atoms. The standard InChI is InChI=1S/C6H13NS/c1-2-4-3-5(7)6(4)8/h4-6,8H,2-3,7H2,1H3/t4-,5+,6-/m0/s1. The predicted molar refractivity (Wildman–Crippen MR) is 39.1 cm³/mol. The van der Waals surface area contributed by atoms with Gasteiger partial charge in [0.25, 0.3) is 0 Å². The van der Waals surface area contributed by atoms with Crippen molar-refractivity contribution in [1.82, 2.24) is 0 Å². The van der Waals surface area contributed by atoms with Crippen LogP contribution < -0.4 is 5.73 Å². The van der Waals surface area contributed by atoms with Gasteiger partial charge in [-0.2, -0.15) is 12.6 Å². The number of hydrogen-bond donors (Lipinski definition) is 2. The van der Waals surface area contributed by atoms with Crippen molar-refractivity contribution in [2.24, 2.45) is 11.7 Å². The molecule has 1 aliphatic rings. The number of rotatable bonds is 1. The molecule has 1 nitrogen and oxygen atoms in total. The van der Waals surface area contributed by atoms with E-state index in [0.717, 1.165) is 5.92 Å². The minimum atomic E-state index is 0.378. The topological polar surface area (TPSA) is 26.0 Å². The largest absolute Gasteiger partial charge is 0.327 e. The van der Waals surface area contributed by atoms with Crippen LogP contribution in [0.3, 0.4) is 0 Å². The molecule has 0 saturated heterocycles. The molecule has 1 fully saturated rings. The molecule has 1 rings (SSSR count). The third kappa shape index (κ3) is 0.869. The van der Waals surface area contributed by atoms with Crippen LogP contribution in [0.4, 0.5) is 0 Å². The van der Waals surface area contributed by atoms with Gasteiger partial charge in [-0.1, -0.05) is 13.3 Å². The van der Waals surface area contributed by atoms with Crippen LogP contribution in [0.15, 0.2) is 0 Å². The molecule has 0 aromatic carbocycles. The first-order valence-corrected chi connectivity index (χ1v) is 3.71. The summed E-state index contributed by atoms with van der Waals surface area (Å²) < 4.78 is 0. The highest BCUT2D eigenvalue weighted by molar-refractivity contribution is 7.81. The van der Waals surface area contributed by atoms with Crippen LogP contribution in [0.1, 0.15) is 19.8 Å². The monoisotopic (exact) mass is 131 g/mol. The van der Waals surface area contributed by atoms with Crippen molar-refractivity contribution in [2.75, 3.05) is 0 Å². The van der Waals surface area contributed by atoms with Gasteiger partial charge in [0, 0.05) is 11.3 Å². The maximum atomic E-state index is 5.61. The van der Waals surface area contributed by atoms with Crippen LogP contribution in [-0.2, 0) is 0 Å². The second-order valence-corrected chi connectivity index (χ2v) is 3.15. The van der Waals surface area contributed by atoms with Gasteiger partial charge in [-0.3, -0.25) is 0 Å². The van der Waals surface area contributed by atoms with Gasteiger partial charge >= 0.3 is 0 Å². The Morgan fingerprint density at radius 2 is 2.38 bits per heavy atom. The number of hydrogen-bond acceptors (Lipinski definition) is 2. The molecular weight excluding hydrogens is 118 g/mol. The fraction of sp³-hybridized carbons (Fsp3) is 1.00. The highest BCUT2D eigenvalue weighted by atomic mass is 32.1. The number of nitrogens with two attached hydrogens (primary N) is 1. The minimum Gasteiger partial charge on any atom is -0.327 e. The Labute approximate surface area is 56.1 Å². The zero-order chi connectivity index (χ0) is 6.15. The lowest BCUT2D eigenvalue weighted by atomic mass is 9.78. The van der Waals surface area contributed by atoms with Crippen LogP contribution in [0.5, 0.6) is 0 Å². The predicted octanol–water partition coefficient (Wildman–Crippen LogP) is 1.04. The highest BCUT2D eigenvalue weighted by Gasteiger charge is 2.33. The van der Waals surface area contributed by atoms with Crippen molar-refractivity contribution in [1.29, 1.82) is 0 Å². The highest BCUT2D eigenvalue weighted by Crippen LogP contribution is 2.33. The fourth-order valence-corrected chi connectivity index (χ4v) is 1.64. The van der Waals surface area contributed by atoms with Crippen molar-refractivity contribution < 1.29 is 0 Å². The van der Waals surface area contributed by atoms with E-state index in [9.17, 15) is 0 Å². The third-order valence-electron chi connectivity index (χ3n) is 2.02. The maximum absolute atomic E-state index is 5.61. The SMILES string of the molecule is CC[C@H]1C[C@@H](N)[C@H]1S. The molecule has 0 amide bonds. The molecule has 1 aliphatic carbocycles. The quantitative estimate of drug-likeness (QED) is 0.511. The Hall–Kier alpha value is 0.310. The van der Waals surface area contributed by atoms with E-state index in [2.05, 4.69) is 19.6 Å². The van der Waals surface area contributed by atoms with Gasteiger partial charge in [-0.05, 0) is 12.3 Å². The average Bonchev–Trinajstić information content (AvgIpc) is 1.81. The first kappa shape index (κ1) is 6.43. The van der Waals surface area contributed by atoms with E-state index in [1.54, 1.807) is 0 Å². The lowest BCUT2D eigenvalue weighted by Gasteiger charge is -2.38. The zero-order valence-electron chi connectivity index (χ0n) is 5.17. The first-order valence-electron chi connectivity index (χ1n) is 3.19. The van der Waals surface area contributed by atoms with Crippen LogP contribution in [0.25, 0.3) is 0 Å². The zero-order valence-corrected chi connectivity index (χ0v) is 6.07. The summed E-state index contributed by atoms with van der Waals surface area (Å²) in [6, 6.07) is 0.378. The Morgan fingerprint density at radius 3 is 2.50 bits per heavy atom. The van der Waals surface area contributed by atoms with Gasteiger partial charge in [0.1, 0.15) is 0 Å². The summed E-state index contributed by atoms with van der Waals surface area (Å²) in [7, 11) is 0. The third-order valence-corrected chi connectivity index (χ3v) is 2.83. The molecule has 48 valence electrons. The summed E-state index contributed by atoms with van der Waals surface area (Å²) in [6.45, 7) is 2.19. The molecule has 0 bridgehead atoms. The summed E-state index contributed by atoms with van der Waals surface area (Å²) in [4.78, 5) is 0. The van der Waals surface area contributed by atoms with Crippen molar-refractivity contribution in [3.63, 3.8) is 0 Å². The molecule has 1 saturated carbocycles.